The van der Waals surface area contributed by atoms with E-state index >= 15 is 0 Å². The molecule has 0 saturated heterocycles. The Morgan fingerprint density at radius 3 is 1.76 bits per heavy atom. The van der Waals surface area contributed by atoms with Crippen molar-refractivity contribution in [3.63, 3.8) is 0 Å². The number of aromatic nitrogens is 1. The van der Waals surface area contributed by atoms with Gasteiger partial charge in [-0.1, -0.05) is 97.6 Å². The highest BCUT2D eigenvalue weighted by molar-refractivity contribution is 7.79. The van der Waals surface area contributed by atoms with E-state index < -0.39 is 7.92 Å². The zero-order chi connectivity index (χ0) is 20.1. The summed E-state index contributed by atoms with van der Waals surface area (Å²) in [7, 11) is -0.637. The first kappa shape index (κ1) is 19.0. The Hall–Kier alpha value is -3.35. The van der Waals surface area contributed by atoms with E-state index in [4.69, 9.17) is 4.98 Å². The quantitative estimate of drug-likeness (QED) is 0.328. The summed E-state index contributed by atoms with van der Waals surface area (Å²) in [5.41, 5.74) is 3.67. The molecule has 1 aromatic heterocycles. The number of hydrogen-bond donors (Lipinski definition) is 0. The van der Waals surface area contributed by atoms with E-state index in [1.165, 1.54) is 15.9 Å². The summed E-state index contributed by atoms with van der Waals surface area (Å²) in [5, 5.41) is 3.88. The summed E-state index contributed by atoms with van der Waals surface area (Å²) >= 11 is 0. The van der Waals surface area contributed by atoms with E-state index in [-0.39, 0.29) is 0 Å². The minimum Gasteiger partial charge on any atom is -0.265 e. The number of rotatable bonds is 6. The van der Waals surface area contributed by atoms with Crippen LogP contribution in [-0.4, -0.2) is 11.7 Å². The third kappa shape index (κ3) is 4.23. The molecule has 3 aromatic carbocycles. The molecule has 3 heteroatoms. The van der Waals surface area contributed by atoms with Gasteiger partial charge in [-0.25, -0.2) is 0 Å². The molecule has 0 aliphatic rings. The lowest BCUT2D eigenvalue weighted by Crippen LogP contribution is -2.20. The predicted molar refractivity (Wildman–Crippen MR) is 127 cm³/mol. The van der Waals surface area contributed by atoms with Crippen LogP contribution in [0.4, 0.5) is 0 Å². The number of hydrogen-bond acceptors (Lipinski definition) is 2. The van der Waals surface area contributed by atoms with E-state index in [0.29, 0.717) is 5.70 Å². The van der Waals surface area contributed by atoms with Crippen molar-refractivity contribution in [3.8, 4) is 11.3 Å². The van der Waals surface area contributed by atoms with Crippen molar-refractivity contribution >= 4 is 36.2 Å². The fraction of sp³-hybridized carbons (Fsp3) is 0. The summed E-state index contributed by atoms with van der Waals surface area (Å²) in [5.74, 6) is 0. The van der Waals surface area contributed by atoms with Gasteiger partial charge in [-0.2, -0.15) is 0 Å². The summed E-state index contributed by atoms with van der Waals surface area (Å²) < 4.78 is 0. The SMILES string of the molecule is C=NC(=C)c1ccc(-c2ccc(P(c3ccccc3)c3ccccc3)cn2)cc1. The topological polar surface area (TPSA) is 25.2 Å². The molecule has 0 amide bonds. The van der Waals surface area contributed by atoms with Crippen molar-refractivity contribution < 1.29 is 0 Å². The van der Waals surface area contributed by atoms with Gasteiger partial charge in [-0.15, -0.1) is 0 Å². The minimum atomic E-state index is -0.637. The molecular weight excluding hydrogens is 371 g/mol. The Kier molecular flexibility index (Phi) is 5.74. The first-order valence-electron chi connectivity index (χ1n) is 9.39. The molecule has 4 aromatic rings. The maximum absolute atomic E-state index is 4.77. The highest BCUT2D eigenvalue weighted by Gasteiger charge is 2.16. The Labute approximate surface area is 173 Å². The lowest BCUT2D eigenvalue weighted by atomic mass is 10.1. The highest BCUT2D eigenvalue weighted by Crippen LogP contribution is 2.32. The molecule has 1 heterocycles. The van der Waals surface area contributed by atoms with Gasteiger partial charge in [-0.3, -0.25) is 9.98 Å². The summed E-state index contributed by atoms with van der Waals surface area (Å²) in [6.45, 7) is 7.43. The zero-order valence-electron chi connectivity index (χ0n) is 16.1. The third-order valence-corrected chi connectivity index (χ3v) is 7.15. The maximum atomic E-state index is 4.77. The highest BCUT2D eigenvalue weighted by atomic mass is 31.1. The fourth-order valence-corrected chi connectivity index (χ4v) is 5.45. The van der Waals surface area contributed by atoms with Gasteiger partial charge in [0.25, 0.3) is 0 Å². The van der Waals surface area contributed by atoms with Crippen LogP contribution in [0, 0.1) is 0 Å². The van der Waals surface area contributed by atoms with Gasteiger partial charge in [0.1, 0.15) is 0 Å². The predicted octanol–water partition coefficient (Wildman–Crippen LogP) is 5.18. The Balaban J connectivity index is 1.68. The molecule has 0 N–H and O–H groups in total. The monoisotopic (exact) mass is 392 g/mol. The molecule has 0 spiro atoms. The molecule has 0 unspecified atom stereocenters. The van der Waals surface area contributed by atoms with E-state index in [9.17, 15) is 0 Å². The van der Waals surface area contributed by atoms with Gasteiger partial charge < -0.3 is 0 Å². The van der Waals surface area contributed by atoms with Crippen LogP contribution in [0.2, 0.25) is 0 Å². The van der Waals surface area contributed by atoms with Gasteiger partial charge in [0.05, 0.1) is 11.4 Å². The molecule has 140 valence electrons. The van der Waals surface area contributed by atoms with E-state index in [1.807, 2.05) is 30.5 Å². The van der Waals surface area contributed by atoms with Crippen molar-refractivity contribution in [3.05, 3.63) is 115 Å². The summed E-state index contributed by atoms with van der Waals surface area (Å²) in [6.07, 6.45) is 2.01. The molecule has 0 bridgehead atoms. The average Bonchev–Trinajstić information content (AvgIpc) is 2.81. The molecule has 29 heavy (non-hydrogen) atoms. The van der Waals surface area contributed by atoms with Crippen molar-refractivity contribution in [1.29, 1.82) is 0 Å². The van der Waals surface area contributed by atoms with E-state index in [2.05, 4.69) is 91.1 Å². The van der Waals surface area contributed by atoms with Crippen molar-refractivity contribution in [1.82, 2.24) is 4.98 Å². The second kappa shape index (κ2) is 8.77. The Bertz CT molecular complexity index is 1060. The average molecular weight is 392 g/mol. The zero-order valence-corrected chi connectivity index (χ0v) is 17.0. The van der Waals surface area contributed by atoms with E-state index in [0.717, 1.165) is 16.8 Å². The lowest BCUT2D eigenvalue weighted by Gasteiger charge is -2.19. The Morgan fingerprint density at radius 2 is 1.28 bits per heavy atom. The number of aliphatic imine (C=N–C) groups is 1. The van der Waals surface area contributed by atoms with Crippen molar-refractivity contribution in [2.45, 2.75) is 0 Å². The third-order valence-electron chi connectivity index (χ3n) is 4.74. The Morgan fingerprint density at radius 1 is 0.690 bits per heavy atom. The fourth-order valence-electron chi connectivity index (χ4n) is 3.22. The smallest absolute Gasteiger partial charge is 0.0702 e. The van der Waals surface area contributed by atoms with Crippen LogP contribution in [0.15, 0.2) is 115 Å². The van der Waals surface area contributed by atoms with Gasteiger partial charge in [-0.05, 0) is 36.9 Å². The van der Waals surface area contributed by atoms with Gasteiger partial charge in [0.15, 0.2) is 0 Å². The van der Waals surface area contributed by atoms with Gasteiger partial charge >= 0.3 is 0 Å². The summed E-state index contributed by atoms with van der Waals surface area (Å²) in [6, 6.07) is 33.7. The van der Waals surface area contributed by atoms with Gasteiger partial charge in [0, 0.05) is 17.1 Å². The van der Waals surface area contributed by atoms with Crippen molar-refractivity contribution in [2.75, 3.05) is 0 Å². The normalized spacial score (nSPS) is 10.7. The van der Waals surface area contributed by atoms with E-state index in [1.54, 1.807) is 0 Å². The second-order valence-electron chi connectivity index (χ2n) is 6.59. The molecular formula is C26H21N2P. The number of nitrogens with zero attached hydrogens (tertiary/aromatic N) is 2. The first-order valence-corrected chi connectivity index (χ1v) is 10.7. The molecule has 0 aliphatic heterocycles. The number of benzene rings is 3. The first-order chi connectivity index (χ1) is 14.3. The van der Waals surface area contributed by atoms with Gasteiger partial charge in [0.2, 0.25) is 0 Å². The van der Waals surface area contributed by atoms with Crippen LogP contribution in [0.3, 0.4) is 0 Å². The largest absolute Gasteiger partial charge is 0.265 e. The maximum Gasteiger partial charge on any atom is 0.0702 e. The standard InChI is InChI=1S/C26H21N2P/c1-20(27-2)21-13-15-22(16-14-21)26-18-17-25(19-28-26)29(23-9-5-3-6-10-23)24-11-7-4-8-12-24/h3-19H,1-2H2. The molecule has 0 fully saturated rings. The molecule has 0 atom stereocenters. The molecule has 2 nitrogen and oxygen atoms in total. The molecule has 0 aliphatic carbocycles. The van der Waals surface area contributed by atoms with Crippen LogP contribution in [0.5, 0.6) is 0 Å². The molecule has 4 rings (SSSR count). The van der Waals surface area contributed by atoms with Crippen LogP contribution >= 0.6 is 7.92 Å². The van der Waals surface area contributed by atoms with Crippen LogP contribution < -0.4 is 15.9 Å². The number of pyridine rings is 1. The minimum absolute atomic E-state index is 0.637. The van der Waals surface area contributed by atoms with Crippen molar-refractivity contribution in [2.24, 2.45) is 4.99 Å². The van der Waals surface area contributed by atoms with Crippen LogP contribution in [-0.2, 0) is 0 Å². The van der Waals surface area contributed by atoms with Crippen LogP contribution in [0.25, 0.3) is 17.0 Å². The second-order valence-corrected chi connectivity index (χ2v) is 8.81. The molecule has 0 radical (unpaired) electrons. The molecule has 0 saturated carbocycles. The lowest BCUT2D eigenvalue weighted by molar-refractivity contribution is 1.34. The summed E-state index contributed by atoms with van der Waals surface area (Å²) in [4.78, 5) is 8.67. The van der Waals surface area contributed by atoms with Crippen LogP contribution in [0.1, 0.15) is 5.56 Å².